The number of rotatable bonds is 5. The van der Waals surface area contributed by atoms with Crippen LogP contribution in [0.25, 0.3) is 9.40 Å². The first-order valence-electron chi connectivity index (χ1n) is 7.98. The lowest BCUT2D eigenvalue weighted by atomic mass is 9.79. The molecule has 1 N–H and O–H groups in total. The maximum Gasteiger partial charge on any atom is 0.0454 e. The van der Waals surface area contributed by atoms with Gasteiger partial charge in [0.1, 0.15) is 0 Å². The van der Waals surface area contributed by atoms with E-state index in [1.807, 2.05) is 22.7 Å². The van der Waals surface area contributed by atoms with Gasteiger partial charge in [0.2, 0.25) is 0 Å². The third-order valence-corrected chi connectivity index (χ3v) is 6.79. The molecule has 1 aliphatic carbocycles. The zero-order valence-corrected chi connectivity index (χ0v) is 14.2. The van der Waals surface area contributed by atoms with Gasteiger partial charge < -0.3 is 5.32 Å². The summed E-state index contributed by atoms with van der Waals surface area (Å²) in [6.45, 7) is 5.81. The molecule has 2 heterocycles. The fourth-order valence-electron chi connectivity index (χ4n) is 3.36. The van der Waals surface area contributed by atoms with Gasteiger partial charge in [0, 0.05) is 20.3 Å². The van der Waals surface area contributed by atoms with Crippen molar-refractivity contribution >= 4 is 32.1 Å². The minimum atomic E-state index is 0.590. The van der Waals surface area contributed by atoms with Gasteiger partial charge in [0.05, 0.1) is 0 Å². The van der Waals surface area contributed by atoms with Crippen molar-refractivity contribution in [2.24, 2.45) is 11.8 Å². The van der Waals surface area contributed by atoms with Crippen LogP contribution in [0, 0.1) is 11.8 Å². The number of hydrogen-bond donors (Lipinski definition) is 1. The van der Waals surface area contributed by atoms with Crippen molar-refractivity contribution in [2.75, 3.05) is 6.54 Å². The summed E-state index contributed by atoms with van der Waals surface area (Å²) in [6, 6.07) is 5.30. The summed E-state index contributed by atoms with van der Waals surface area (Å²) in [5.41, 5.74) is 0. The molecule has 0 spiro atoms. The highest BCUT2D eigenvalue weighted by Crippen LogP contribution is 2.41. The van der Waals surface area contributed by atoms with E-state index in [1.165, 1.54) is 41.5 Å². The maximum absolute atomic E-state index is 3.84. The molecule has 0 saturated heterocycles. The molecule has 0 bridgehead atoms. The van der Waals surface area contributed by atoms with Crippen molar-refractivity contribution in [2.45, 2.75) is 52.0 Å². The Bertz CT molecular complexity index is 505. The van der Waals surface area contributed by atoms with E-state index in [4.69, 9.17) is 0 Å². The highest BCUT2D eigenvalue weighted by atomic mass is 32.1. The Balaban J connectivity index is 1.79. The van der Waals surface area contributed by atoms with Gasteiger partial charge in [-0.15, -0.1) is 22.7 Å². The fraction of sp³-hybridized carbons (Fsp3) is 0.647. The number of thiophene rings is 2. The van der Waals surface area contributed by atoms with Gasteiger partial charge in [0.25, 0.3) is 0 Å². The van der Waals surface area contributed by atoms with Crippen LogP contribution in [0.4, 0.5) is 0 Å². The molecule has 1 fully saturated rings. The van der Waals surface area contributed by atoms with Crippen LogP contribution in [0.5, 0.6) is 0 Å². The number of nitrogens with one attached hydrogen (secondary N) is 1. The van der Waals surface area contributed by atoms with Crippen molar-refractivity contribution in [3.05, 3.63) is 22.4 Å². The molecule has 110 valence electrons. The molecule has 20 heavy (non-hydrogen) atoms. The highest BCUT2D eigenvalue weighted by Gasteiger charge is 2.28. The quantitative estimate of drug-likeness (QED) is 0.733. The third kappa shape index (κ3) is 3.10. The zero-order valence-electron chi connectivity index (χ0n) is 12.5. The lowest BCUT2D eigenvalue weighted by molar-refractivity contribution is 0.233. The predicted molar refractivity (Wildman–Crippen MR) is 91.9 cm³/mol. The van der Waals surface area contributed by atoms with E-state index >= 15 is 0 Å². The molecule has 1 nitrogen and oxygen atoms in total. The van der Waals surface area contributed by atoms with Crippen LogP contribution >= 0.6 is 22.7 Å². The first-order chi connectivity index (χ1) is 9.78. The van der Waals surface area contributed by atoms with E-state index in [0.717, 1.165) is 18.4 Å². The van der Waals surface area contributed by atoms with E-state index in [9.17, 15) is 0 Å². The van der Waals surface area contributed by atoms with Crippen LogP contribution in [0.1, 0.15) is 56.9 Å². The second-order valence-corrected chi connectivity index (χ2v) is 8.31. The van der Waals surface area contributed by atoms with Crippen molar-refractivity contribution in [3.63, 3.8) is 0 Å². The zero-order chi connectivity index (χ0) is 13.9. The van der Waals surface area contributed by atoms with Crippen LogP contribution in [0.2, 0.25) is 0 Å². The Morgan fingerprint density at radius 2 is 2.05 bits per heavy atom. The Morgan fingerprint density at radius 3 is 2.75 bits per heavy atom. The molecule has 0 aliphatic heterocycles. The van der Waals surface area contributed by atoms with Crippen LogP contribution in [0.15, 0.2) is 17.5 Å². The van der Waals surface area contributed by atoms with Crippen molar-refractivity contribution in [3.8, 4) is 0 Å². The summed E-state index contributed by atoms with van der Waals surface area (Å²) >= 11 is 3.88. The van der Waals surface area contributed by atoms with E-state index < -0.39 is 0 Å². The van der Waals surface area contributed by atoms with Crippen LogP contribution in [0.3, 0.4) is 0 Å². The van der Waals surface area contributed by atoms with Crippen molar-refractivity contribution in [1.82, 2.24) is 5.32 Å². The summed E-state index contributed by atoms with van der Waals surface area (Å²) in [5, 5.41) is 6.05. The van der Waals surface area contributed by atoms with Gasteiger partial charge in [-0.2, -0.15) is 0 Å². The lowest BCUT2D eigenvalue weighted by Gasteiger charge is -2.33. The molecule has 2 aromatic heterocycles. The Kier molecular flexibility index (Phi) is 4.79. The average Bonchev–Trinajstić information content (AvgIpc) is 3.02. The van der Waals surface area contributed by atoms with Gasteiger partial charge in [-0.1, -0.05) is 26.7 Å². The largest absolute Gasteiger partial charge is 0.309 e. The standard InChI is InChI=1S/C17H25NS2/c1-3-9-18-17(13-6-4-12(2)5-7-13)16-11-15-14(20-16)8-10-19-15/h8,10-13,17-18H,3-7,9H2,1-2H3. The van der Waals surface area contributed by atoms with Gasteiger partial charge in [-0.05, 0) is 55.2 Å². The first-order valence-corrected chi connectivity index (χ1v) is 9.68. The Labute approximate surface area is 130 Å². The maximum atomic E-state index is 3.84. The molecule has 1 saturated carbocycles. The third-order valence-electron chi connectivity index (χ3n) is 4.61. The average molecular weight is 308 g/mol. The molecule has 1 aliphatic rings. The smallest absolute Gasteiger partial charge is 0.0454 e. The minimum absolute atomic E-state index is 0.590. The molecule has 2 aromatic rings. The minimum Gasteiger partial charge on any atom is -0.309 e. The SMILES string of the molecule is CCCNC(c1cc2sccc2s1)C1CCC(C)CC1. The molecule has 1 atom stereocenters. The van der Waals surface area contributed by atoms with Gasteiger partial charge in [0.15, 0.2) is 0 Å². The molecule has 0 aromatic carbocycles. The van der Waals surface area contributed by atoms with E-state index in [0.29, 0.717) is 6.04 Å². The summed E-state index contributed by atoms with van der Waals surface area (Å²) in [5.74, 6) is 1.77. The van der Waals surface area contributed by atoms with E-state index in [1.54, 1.807) is 4.88 Å². The second kappa shape index (κ2) is 6.59. The summed E-state index contributed by atoms with van der Waals surface area (Å²) in [6.07, 6.45) is 6.84. The molecular weight excluding hydrogens is 282 g/mol. The highest BCUT2D eigenvalue weighted by molar-refractivity contribution is 7.26. The molecule has 0 amide bonds. The number of fused-ring (bicyclic) bond motifs is 1. The molecule has 1 unspecified atom stereocenters. The summed E-state index contributed by atoms with van der Waals surface area (Å²) < 4.78 is 2.94. The topological polar surface area (TPSA) is 12.0 Å². The molecule has 3 rings (SSSR count). The lowest BCUT2D eigenvalue weighted by Crippen LogP contribution is -2.30. The molecule has 0 radical (unpaired) electrons. The first kappa shape index (κ1) is 14.6. The van der Waals surface area contributed by atoms with Gasteiger partial charge >= 0.3 is 0 Å². The van der Waals surface area contributed by atoms with E-state index in [2.05, 4.69) is 36.7 Å². The summed E-state index contributed by atoms with van der Waals surface area (Å²) in [4.78, 5) is 1.57. The summed E-state index contributed by atoms with van der Waals surface area (Å²) in [7, 11) is 0. The number of hydrogen-bond acceptors (Lipinski definition) is 3. The van der Waals surface area contributed by atoms with Gasteiger partial charge in [-0.3, -0.25) is 0 Å². The Hall–Kier alpha value is -0.380. The van der Waals surface area contributed by atoms with Crippen LogP contribution in [-0.2, 0) is 0 Å². The monoisotopic (exact) mass is 307 g/mol. The van der Waals surface area contributed by atoms with Crippen molar-refractivity contribution < 1.29 is 0 Å². The predicted octanol–water partition coefficient (Wildman–Crippen LogP) is 5.83. The van der Waals surface area contributed by atoms with Crippen LogP contribution in [-0.4, -0.2) is 6.54 Å². The second-order valence-electron chi connectivity index (χ2n) is 6.25. The van der Waals surface area contributed by atoms with Crippen LogP contribution < -0.4 is 5.32 Å². The fourth-order valence-corrected chi connectivity index (χ4v) is 5.65. The van der Waals surface area contributed by atoms with Gasteiger partial charge in [-0.25, -0.2) is 0 Å². The van der Waals surface area contributed by atoms with Crippen molar-refractivity contribution in [1.29, 1.82) is 0 Å². The normalized spacial score (nSPS) is 25.1. The van der Waals surface area contributed by atoms with E-state index in [-0.39, 0.29) is 0 Å². The Morgan fingerprint density at radius 1 is 1.25 bits per heavy atom. The molecular formula is C17H25NS2. The molecule has 3 heteroatoms.